The number of anilines is 1. The predicted molar refractivity (Wildman–Crippen MR) is 62.7 cm³/mol. The van der Waals surface area contributed by atoms with E-state index >= 15 is 0 Å². The first kappa shape index (κ1) is 12.4. The molecule has 0 aliphatic rings. The van der Waals surface area contributed by atoms with Gasteiger partial charge in [0.1, 0.15) is 0 Å². The van der Waals surface area contributed by atoms with E-state index in [1.807, 2.05) is 19.0 Å². The van der Waals surface area contributed by atoms with Crippen molar-refractivity contribution in [3.8, 4) is 0 Å². The van der Waals surface area contributed by atoms with Crippen molar-refractivity contribution in [1.29, 1.82) is 0 Å². The van der Waals surface area contributed by atoms with Crippen molar-refractivity contribution < 1.29 is 4.92 Å². The second-order valence-corrected chi connectivity index (χ2v) is 3.83. The highest BCUT2D eigenvalue weighted by molar-refractivity contribution is 5.56. The van der Waals surface area contributed by atoms with E-state index in [0.717, 1.165) is 6.54 Å². The van der Waals surface area contributed by atoms with Crippen LogP contribution in [0, 0.1) is 10.1 Å². The molecule has 1 heterocycles. The van der Waals surface area contributed by atoms with Gasteiger partial charge in [0.15, 0.2) is 0 Å². The zero-order valence-electron chi connectivity index (χ0n) is 9.75. The SMILES string of the molecule is CN(C)CCN(C)c1ncccc1[N+](=O)[O-]. The average molecular weight is 224 g/mol. The first-order valence-corrected chi connectivity index (χ1v) is 4.97. The number of aromatic nitrogens is 1. The van der Waals surface area contributed by atoms with Crippen molar-refractivity contribution in [3.05, 3.63) is 28.4 Å². The molecule has 0 aliphatic heterocycles. The monoisotopic (exact) mass is 224 g/mol. The summed E-state index contributed by atoms with van der Waals surface area (Å²) in [4.78, 5) is 18.2. The van der Waals surface area contributed by atoms with Gasteiger partial charge in [-0.2, -0.15) is 0 Å². The van der Waals surface area contributed by atoms with Gasteiger partial charge in [0.25, 0.3) is 0 Å². The lowest BCUT2D eigenvalue weighted by molar-refractivity contribution is -0.384. The Hall–Kier alpha value is -1.69. The third-order valence-corrected chi connectivity index (χ3v) is 2.21. The van der Waals surface area contributed by atoms with E-state index in [-0.39, 0.29) is 5.69 Å². The molecule has 0 saturated carbocycles. The van der Waals surface area contributed by atoms with Crippen LogP contribution in [0.4, 0.5) is 11.5 Å². The second-order valence-electron chi connectivity index (χ2n) is 3.83. The Morgan fingerprint density at radius 3 is 2.62 bits per heavy atom. The lowest BCUT2D eigenvalue weighted by Gasteiger charge is -2.19. The van der Waals surface area contributed by atoms with Gasteiger partial charge in [-0.3, -0.25) is 10.1 Å². The Morgan fingerprint density at radius 1 is 1.38 bits per heavy atom. The molecule has 0 amide bonds. The highest BCUT2D eigenvalue weighted by Gasteiger charge is 2.17. The highest BCUT2D eigenvalue weighted by Crippen LogP contribution is 2.23. The van der Waals surface area contributed by atoms with Crippen LogP contribution in [-0.2, 0) is 0 Å². The minimum atomic E-state index is -0.408. The standard InChI is InChI=1S/C10H16N4O2/c1-12(2)7-8-13(3)10-9(14(15)16)5-4-6-11-10/h4-6H,7-8H2,1-3H3. The Labute approximate surface area is 94.6 Å². The molecule has 0 aromatic carbocycles. The summed E-state index contributed by atoms with van der Waals surface area (Å²) in [5.41, 5.74) is 0.0451. The van der Waals surface area contributed by atoms with Crippen LogP contribution in [0.3, 0.4) is 0 Å². The molecule has 0 radical (unpaired) electrons. The van der Waals surface area contributed by atoms with Gasteiger partial charge >= 0.3 is 5.69 Å². The normalized spacial score (nSPS) is 10.5. The van der Waals surface area contributed by atoms with Gasteiger partial charge in [-0.25, -0.2) is 4.98 Å². The number of pyridine rings is 1. The van der Waals surface area contributed by atoms with Crippen molar-refractivity contribution >= 4 is 11.5 Å². The fourth-order valence-electron chi connectivity index (χ4n) is 1.28. The van der Waals surface area contributed by atoms with Crippen LogP contribution in [0.1, 0.15) is 0 Å². The van der Waals surface area contributed by atoms with Crippen molar-refractivity contribution in [1.82, 2.24) is 9.88 Å². The quantitative estimate of drug-likeness (QED) is 0.551. The summed E-state index contributed by atoms with van der Waals surface area (Å²) in [5.74, 6) is 0.411. The number of rotatable bonds is 5. The predicted octanol–water partition coefficient (Wildman–Crippen LogP) is 0.988. The third kappa shape index (κ3) is 3.16. The minimum absolute atomic E-state index is 0.0451. The van der Waals surface area contributed by atoms with Gasteiger partial charge in [0.05, 0.1) is 4.92 Å². The zero-order chi connectivity index (χ0) is 12.1. The van der Waals surface area contributed by atoms with Gasteiger partial charge in [-0.1, -0.05) is 0 Å². The number of likely N-dealkylation sites (N-methyl/N-ethyl adjacent to an activating group) is 2. The Morgan fingerprint density at radius 2 is 2.06 bits per heavy atom. The van der Waals surface area contributed by atoms with Gasteiger partial charge in [0, 0.05) is 32.4 Å². The lowest BCUT2D eigenvalue weighted by atomic mass is 10.3. The van der Waals surface area contributed by atoms with E-state index in [1.54, 1.807) is 24.2 Å². The number of nitro groups is 1. The fourth-order valence-corrected chi connectivity index (χ4v) is 1.28. The molecule has 1 rings (SSSR count). The Bertz CT molecular complexity index is 368. The van der Waals surface area contributed by atoms with Crippen molar-refractivity contribution in [3.63, 3.8) is 0 Å². The van der Waals surface area contributed by atoms with E-state index in [0.29, 0.717) is 12.4 Å². The van der Waals surface area contributed by atoms with Crippen LogP contribution in [0.25, 0.3) is 0 Å². The molecule has 88 valence electrons. The van der Waals surface area contributed by atoms with Crippen LogP contribution in [0.5, 0.6) is 0 Å². The molecule has 6 heteroatoms. The lowest BCUT2D eigenvalue weighted by Crippen LogP contribution is -2.29. The third-order valence-electron chi connectivity index (χ3n) is 2.21. The van der Waals surface area contributed by atoms with Crippen molar-refractivity contribution in [2.24, 2.45) is 0 Å². The van der Waals surface area contributed by atoms with E-state index in [9.17, 15) is 10.1 Å². The zero-order valence-corrected chi connectivity index (χ0v) is 9.75. The van der Waals surface area contributed by atoms with Crippen LogP contribution in [-0.4, -0.2) is 49.0 Å². The molecule has 6 nitrogen and oxygen atoms in total. The summed E-state index contributed by atoms with van der Waals surface area (Å²) in [7, 11) is 5.72. The fraction of sp³-hybridized carbons (Fsp3) is 0.500. The molecular weight excluding hydrogens is 208 g/mol. The second kappa shape index (κ2) is 5.41. The molecule has 0 bridgehead atoms. The van der Waals surface area contributed by atoms with Crippen LogP contribution >= 0.6 is 0 Å². The first-order valence-electron chi connectivity index (χ1n) is 4.97. The minimum Gasteiger partial charge on any atom is -0.353 e. The van der Waals surface area contributed by atoms with Crippen molar-refractivity contribution in [2.45, 2.75) is 0 Å². The number of hydrogen-bond donors (Lipinski definition) is 0. The smallest absolute Gasteiger partial charge is 0.311 e. The van der Waals surface area contributed by atoms with Crippen LogP contribution in [0.2, 0.25) is 0 Å². The summed E-state index contributed by atoms with van der Waals surface area (Å²) >= 11 is 0. The Balaban J connectivity index is 2.82. The summed E-state index contributed by atoms with van der Waals surface area (Å²) in [6, 6.07) is 3.04. The first-order chi connectivity index (χ1) is 7.52. The molecule has 1 aromatic rings. The molecule has 0 fully saturated rings. The number of hydrogen-bond acceptors (Lipinski definition) is 5. The summed E-state index contributed by atoms with van der Waals surface area (Å²) in [5, 5.41) is 10.8. The van der Waals surface area contributed by atoms with Crippen molar-refractivity contribution in [2.75, 3.05) is 39.1 Å². The summed E-state index contributed by atoms with van der Waals surface area (Å²) in [6.45, 7) is 1.52. The number of nitrogens with zero attached hydrogens (tertiary/aromatic N) is 4. The molecule has 0 saturated heterocycles. The van der Waals surface area contributed by atoms with E-state index in [4.69, 9.17) is 0 Å². The average Bonchev–Trinajstić information content (AvgIpc) is 2.25. The molecule has 0 atom stereocenters. The molecule has 0 aliphatic carbocycles. The maximum Gasteiger partial charge on any atom is 0.311 e. The maximum absolute atomic E-state index is 10.8. The topological polar surface area (TPSA) is 62.5 Å². The largest absolute Gasteiger partial charge is 0.353 e. The van der Waals surface area contributed by atoms with Gasteiger partial charge in [-0.15, -0.1) is 0 Å². The molecule has 1 aromatic heterocycles. The van der Waals surface area contributed by atoms with Gasteiger partial charge < -0.3 is 9.80 Å². The summed E-state index contributed by atoms with van der Waals surface area (Å²) < 4.78 is 0. The van der Waals surface area contributed by atoms with E-state index < -0.39 is 4.92 Å². The Kier molecular flexibility index (Phi) is 4.19. The molecular formula is C10H16N4O2. The molecule has 16 heavy (non-hydrogen) atoms. The molecule has 0 N–H and O–H groups in total. The summed E-state index contributed by atoms with van der Waals surface area (Å²) in [6.07, 6.45) is 1.56. The maximum atomic E-state index is 10.8. The molecule has 0 spiro atoms. The van der Waals surface area contributed by atoms with E-state index in [2.05, 4.69) is 4.98 Å². The van der Waals surface area contributed by atoms with Crippen LogP contribution in [0.15, 0.2) is 18.3 Å². The van der Waals surface area contributed by atoms with E-state index in [1.165, 1.54) is 6.07 Å². The van der Waals surface area contributed by atoms with Gasteiger partial charge in [0.2, 0.25) is 5.82 Å². The van der Waals surface area contributed by atoms with Gasteiger partial charge in [-0.05, 0) is 20.2 Å². The van der Waals surface area contributed by atoms with Crippen LogP contribution < -0.4 is 4.90 Å². The highest BCUT2D eigenvalue weighted by atomic mass is 16.6. The molecule has 0 unspecified atom stereocenters.